The molecule has 0 aliphatic heterocycles. The smallest absolute Gasteiger partial charge is 0.396 e. The molecule has 0 aromatic heterocycles. The van der Waals surface area contributed by atoms with Crippen LogP contribution in [0, 0.1) is 0 Å². The van der Waals surface area contributed by atoms with Crippen LogP contribution in [-0.2, 0) is 6.18 Å². The maximum Gasteiger partial charge on any atom is 0.416 e. The Kier molecular flexibility index (Phi) is 6.85. The molecule has 0 saturated carbocycles. The van der Waals surface area contributed by atoms with Crippen LogP contribution in [0.4, 0.5) is 13.2 Å². The fraction of sp³-hybridized carbons (Fsp3) is 0.571. The Balaban J connectivity index is 2.88. The van der Waals surface area contributed by atoms with E-state index < -0.39 is 17.8 Å². The van der Waals surface area contributed by atoms with Gasteiger partial charge in [0.05, 0.1) is 5.56 Å². The maximum atomic E-state index is 13.0. The van der Waals surface area contributed by atoms with Crippen molar-refractivity contribution in [3.63, 3.8) is 0 Å². The van der Waals surface area contributed by atoms with Gasteiger partial charge in [-0.2, -0.15) is 24.9 Å². The van der Waals surface area contributed by atoms with Gasteiger partial charge in [0.15, 0.2) is 0 Å². The summed E-state index contributed by atoms with van der Waals surface area (Å²) in [4.78, 5) is 0. The van der Waals surface area contributed by atoms with Crippen LogP contribution in [0.5, 0.6) is 0 Å². The highest BCUT2D eigenvalue weighted by Crippen LogP contribution is 2.34. The lowest BCUT2D eigenvalue weighted by Crippen LogP contribution is -2.35. The van der Waals surface area contributed by atoms with Crippen LogP contribution in [0.3, 0.4) is 0 Å². The fourth-order valence-electron chi connectivity index (χ4n) is 2.15. The summed E-state index contributed by atoms with van der Waals surface area (Å²) in [7, 11) is 0. The second kappa shape index (κ2) is 7.90. The summed E-state index contributed by atoms with van der Waals surface area (Å²) in [6, 6.07) is 5.17. The Hall–Kier alpha value is -0.720. The van der Waals surface area contributed by atoms with Crippen LogP contribution in [-0.4, -0.2) is 29.8 Å². The van der Waals surface area contributed by atoms with E-state index in [4.69, 9.17) is 5.11 Å². The van der Waals surface area contributed by atoms with Crippen molar-refractivity contribution in [1.82, 2.24) is 5.32 Å². The number of rotatable bonds is 7. The van der Waals surface area contributed by atoms with Crippen molar-refractivity contribution in [2.75, 3.05) is 18.6 Å². The summed E-state index contributed by atoms with van der Waals surface area (Å²) < 4.78 is 38.9. The number of benzene rings is 1. The van der Waals surface area contributed by atoms with Gasteiger partial charge in [0.1, 0.15) is 0 Å². The summed E-state index contributed by atoms with van der Waals surface area (Å²) in [5.41, 5.74) is -0.365. The van der Waals surface area contributed by atoms with Gasteiger partial charge < -0.3 is 10.4 Å². The molecule has 114 valence electrons. The molecule has 6 heteroatoms. The lowest BCUT2D eigenvalue weighted by molar-refractivity contribution is -0.138. The molecule has 1 rings (SSSR count). The van der Waals surface area contributed by atoms with E-state index in [9.17, 15) is 13.2 Å². The highest BCUT2D eigenvalue weighted by molar-refractivity contribution is 7.98. The Morgan fingerprint density at radius 1 is 1.30 bits per heavy atom. The average molecular weight is 307 g/mol. The lowest BCUT2D eigenvalue weighted by Gasteiger charge is -2.25. The van der Waals surface area contributed by atoms with Gasteiger partial charge in [-0.3, -0.25) is 0 Å². The standard InChI is InChI=1S/C14H20F3NOS/c1-10(18-11(7-8-19)9-20-2)12-5-3-4-6-13(12)14(15,16)17/h3-6,10-11,18-19H,7-9H2,1-2H3. The van der Waals surface area contributed by atoms with E-state index in [1.165, 1.54) is 12.1 Å². The number of halogens is 3. The van der Waals surface area contributed by atoms with E-state index in [2.05, 4.69) is 5.32 Å². The van der Waals surface area contributed by atoms with Gasteiger partial charge in [0, 0.05) is 24.4 Å². The molecule has 1 aromatic rings. The molecule has 20 heavy (non-hydrogen) atoms. The zero-order valence-electron chi connectivity index (χ0n) is 11.6. The summed E-state index contributed by atoms with van der Waals surface area (Å²) in [5, 5.41) is 12.2. The number of nitrogens with one attached hydrogen (secondary N) is 1. The van der Waals surface area contributed by atoms with Gasteiger partial charge in [-0.15, -0.1) is 0 Å². The fourth-order valence-corrected chi connectivity index (χ4v) is 2.81. The second-order valence-electron chi connectivity index (χ2n) is 4.64. The molecule has 0 amide bonds. The Bertz CT molecular complexity index is 406. The first-order valence-corrected chi connectivity index (χ1v) is 7.81. The monoisotopic (exact) mass is 307 g/mol. The van der Waals surface area contributed by atoms with E-state index >= 15 is 0 Å². The van der Waals surface area contributed by atoms with Crippen molar-refractivity contribution in [2.45, 2.75) is 31.6 Å². The third kappa shape index (κ3) is 5.00. The minimum Gasteiger partial charge on any atom is -0.396 e. The molecular formula is C14H20F3NOS. The molecule has 0 aliphatic rings. The van der Waals surface area contributed by atoms with E-state index in [1.54, 1.807) is 24.8 Å². The van der Waals surface area contributed by atoms with Crippen LogP contribution in [0.2, 0.25) is 0 Å². The molecule has 0 saturated heterocycles. The number of thioether (sulfide) groups is 1. The zero-order chi connectivity index (χ0) is 15.2. The second-order valence-corrected chi connectivity index (χ2v) is 5.55. The SMILES string of the molecule is CSCC(CCO)NC(C)c1ccccc1C(F)(F)F. The summed E-state index contributed by atoms with van der Waals surface area (Å²) in [6.07, 6.45) is -1.89. The van der Waals surface area contributed by atoms with Gasteiger partial charge >= 0.3 is 6.18 Å². The van der Waals surface area contributed by atoms with E-state index in [1.807, 2.05) is 6.26 Å². The highest BCUT2D eigenvalue weighted by Gasteiger charge is 2.34. The predicted octanol–water partition coefficient (Wildman–Crippen LogP) is 3.47. The molecule has 1 aromatic carbocycles. The maximum absolute atomic E-state index is 13.0. The van der Waals surface area contributed by atoms with Crippen LogP contribution < -0.4 is 5.32 Å². The molecule has 0 spiro atoms. The zero-order valence-corrected chi connectivity index (χ0v) is 12.4. The summed E-state index contributed by atoms with van der Waals surface area (Å²) in [6.45, 7) is 1.74. The molecule has 0 heterocycles. The third-order valence-electron chi connectivity index (χ3n) is 3.06. The predicted molar refractivity (Wildman–Crippen MR) is 76.9 cm³/mol. The Labute approximate surface area is 121 Å². The number of hydrogen-bond donors (Lipinski definition) is 2. The van der Waals surface area contributed by atoms with Crippen molar-refractivity contribution in [3.05, 3.63) is 35.4 Å². The van der Waals surface area contributed by atoms with Crippen molar-refractivity contribution in [3.8, 4) is 0 Å². The van der Waals surface area contributed by atoms with Crippen molar-refractivity contribution < 1.29 is 18.3 Å². The molecule has 2 N–H and O–H groups in total. The number of aliphatic hydroxyl groups excluding tert-OH is 1. The van der Waals surface area contributed by atoms with Gasteiger partial charge in [-0.1, -0.05) is 18.2 Å². The van der Waals surface area contributed by atoms with Crippen molar-refractivity contribution >= 4 is 11.8 Å². The van der Waals surface area contributed by atoms with Crippen LogP contribution >= 0.6 is 11.8 Å². The van der Waals surface area contributed by atoms with Gasteiger partial charge in [-0.25, -0.2) is 0 Å². The van der Waals surface area contributed by atoms with Gasteiger partial charge in [0.25, 0.3) is 0 Å². The summed E-state index contributed by atoms with van der Waals surface area (Å²) >= 11 is 1.60. The minimum absolute atomic E-state index is 0.00807. The first-order chi connectivity index (χ1) is 9.40. The van der Waals surface area contributed by atoms with Crippen LogP contribution in [0.1, 0.15) is 30.5 Å². The lowest BCUT2D eigenvalue weighted by atomic mass is 10.00. The molecule has 0 radical (unpaired) electrons. The molecular weight excluding hydrogens is 287 g/mol. The Morgan fingerprint density at radius 3 is 2.50 bits per heavy atom. The highest BCUT2D eigenvalue weighted by atomic mass is 32.2. The minimum atomic E-state index is -4.35. The molecule has 2 unspecified atom stereocenters. The number of aliphatic hydroxyl groups is 1. The number of alkyl halides is 3. The normalized spacial score (nSPS) is 15.1. The molecule has 0 bridgehead atoms. The van der Waals surface area contributed by atoms with Crippen LogP contribution in [0.15, 0.2) is 24.3 Å². The van der Waals surface area contributed by atoms with E-state index in [-0.39, 0.29) is 18.2 Å². The first-order valence-electron chi connectivity index (χ1n) is 6.42. The average Bonchev–Trinajstić information content (AvgIpc) is 2.38. The van der Waals surface area contributed by atoms with E-state index in [0.717, 1.165) is 11.8 Å². The van der Waals surface area contributed by atoms with Gasteiger partial charge in [0.2, 0.25) is 0 Å². The number of hydrogen-bond acceptors (Lipinski definition) is 3. The molecule has 2 atom stereocenters. The van der Waals surface area contributed by atoms with E-state index in [0.29, 0.717) is 6.42 Å². The van der Waals surface area contributed by atoms with Crippen LogP contribution in [0.25, 0.3) is 0 Å². The Morgan fingerprint density at radius 2 is 1.95 bits per heavy atom. The topological polar surface area (TPSA) is 32.3 Å². The summed E-state index contributed by atoms with van der Waals surface area (Å²) in [5.74, 6) is 0.749. The van der Waals surface area contributed by atoms with Crippen molar-refractivity contribution in [1.29, 1.82) is 0 Å². The molecule has 0 aliphatic carbocycles. The van der Waals surface area contributed by atoms with Gasteiger partial charge in [-0.05, 0) is 31.2 Å². The first kappa shape index (κ1) is 17.3. The third-order valence-corrected chi connectivity index (χ3v) is 3.80. The van der Waals surface area contributed by atoms with Crippen molar-refractivity contribution in [2.24, 2.45) is 0 Å². The quantitative estimate of drug-likeness (QED) is 0.809. The molecule has 0 fully saturated rings. The largest absolute Gasteiger partial charge is 0.416 e. The molecule has 2 nitrogen and oxygen atoms in total.